The summed E-state index contributed by atoms with van der Waals surface area (Å²) >= 11 is 2.31. The summed E-state index contributed by atoms with van der Waals surface area (Å²) < 4.78 is 1.58. The molecule has 1 aromatic rings. The number of hydrogen-bond acceptors (Lipinski definition) is 0. The van der Waals surface area contributed by atoms with Gasteiger partial charge in [0.05, 0.1) is 0 Å². The Kier molecular flexibility index (Phi) is 10.9. The van der Waals surface area contributed by atoms with E-state index in [2.05, 4.69) is 85.0 Å². The largest absolute Gasteiger partial charge is 1.00 e. The van der Waals surface area contributed by atoms with E-state index in [9.17, 15) is 0 Å². The van der Waals surface area contributed by atoms with Crippen LogP contribution in [0.3, 0.4) is 0 Å². The Morgan fingerprint density at radius 3 is 1.86 bits per heavy atom. The molecule has 0 amide bonds. The monoisotopic (exact) mass is 408 g/mol. The van der Waals surface area contributed by atoms with Gasteiger partial charge in [0.1, 0.15) is 0 Å². The third kappa shape index (κ3) is 4.12. The van der Waals surface area contributed by atoms with Gasteiger partial charge in [-0.1, -0.05) is 0 Å². The van der Waals surface area contributed by atoms with Gasteiger partial charge in [-0.2, -0.15) is 0 Å². The minimum absolute atomic E-state index is 0. The molecule has 120 valence electrons. The quantitative estimate of drug-likeness (QED) is 0.441. The minimum Gasteiger partial charge on any atom is -1.00 e. The van der Waals surface area contributed by atoms with Crippen LogP contribution in [0.15, 0.2) is 50.6 Å². The Balaban J connectivity index is 0. The maximum absolute atomic E-state index is 2.55. The third-order valence-corrected chi connectivity index (χ3v) is 11.2. The fraction of sp³-hybridized carbons (Fsp3) is 0.412. The first-order chi connectivity index (χ1) is 8.93. The van der Waals surface area contributed by atoms with Crippen LogP contribution in [0.25, 0.3) is 0 Å². The van der Waals surface area contributed by atoms with Gasteiger partial charge < -0.3 is 37.2 Å². The summed E-state index contributed by atoms with van der Waals surface area (Å²) in [6, 6.07) is 12.5. The molecule has 2 atom stereocenters. The van der Waals surface area contributed by atoms with Gasteiger partial charge in [-0.05, 0) is 0 Å². The Morgan fingerprint density at radius 2 is 1.50 bits per heavy atom. The molecule has 0 aromatic heterocycles. The SMILES string of the molecule is CC[Si](C)(C1=C(C)C(C)=[C]([Ti+3])C1C)c1ccccc1.[Cl-].[Cl-].[Cl-]. The average molecular weight is 410 g/mol. The van der Waals surface area contributed by atoms with Crippen molar-refractivity contribution in [1.29, 1.82) is 0 Å². The van der Waals surface area contributed by atoms with Gasteiger partial charge in [0, 0.05) is 0 Å². The summed E-state index contributed by atoms with van der Waals surface area (Å²) in [5, 5.41) is 3.34. The Labute approximate surface area is 166 Å². The van der Waals surface area contributed by atoms with Crippen molar-refractivity contribution >= 4 is 13.3 Å². The molecule has 1 aromatic carbocycles. The number of hydrogen-bond donors (Lipinski definition) is 0. The van der Waals surface area contributed by atoms with Crippen LogP contribution in [0.2, 0.25) is 12.6 Å². The Bertz CT molecular complexity index is 554. The smallest absolute Gasteiger partial charge is 1.00 e. The van der Waals surface area contributed by atoms with E-state index >= 15 is 0 Å². The fourth-order valence-corrected chi connectivity index (χ4v) is 8.33. The first kappa shape index (κ1) is 24.7. The van der Waals surface area contributed by atoms with Crippen molar-refractivity contribution in [3.63, 3.8) is 0 Å². The van der Waals surface area contributed by atoms with Gasteiger partial charge in [-0.15, -0.1) is 0 Å². The van der Waals surface area contributed by atoms with Crippen LogP contribution in [0.5, 0.6) is 0 Å². The molecule has 0 saturated carbocycles. The Morgan fingerprint density at radius 1 is 1.00 bits per heavy atom. The molecule has 0 aliphatic heterocycles. The summed E-state index contributed by atoms with van der Waals surface area (Å²) in [5.74, 6) is 0.636. The topological polar surface area (TPSA) is 0 Å². The van der Waals surface area contributed by atoms with E-state index in [1.165, 1.54) is 11.6 Å². The normalized spacial score (nSPS) is 19.9. The van der Waals surface area contributed by atoms with Gasteiger partial charge in [-0.25, -0.2) is 0 Å². The van der Waals surface area contributed by atoms with E-state index in [1.54, 1.807) is 19.8 Å². The fourth-order valence-electron chi connectivity index (χ4n) is 3.45. The predicted molar refractivity (Wildman–Crippen MR) is 82.7 cm³/mol. The van der Waals surface area contributed by atoms with E-state index in [0.717, 1.165) is 0 Å². The molecule has 2 unspecified atom stereocenters. The van der Waals surface area contributed by atoms with Crippen LogP contribution in [0.1, 0.15) is 27.7 Å². The van der Waals surface area contributed by atoms with Gasteiger partial charge in [0.2, 0.25) is 0 Å². The molecule has 2 rings (SSSR count). The maximum atomic E-state index is 2.55. The van der Waals surface area contributed by atoms with E-state index < -0.39 is 8.07 Å². The molecule has 0 radical (unpaired) electrons. The summed E-state index contributed by atoms with van der Waals surface area (Å²) in [7, 11) is -1.54. The zero-order valence-electron chi connectivity index (χ0n) is 13.8. The maximum Gasteiger partial charge on any atom is -1.00 e. The zero-order valence-corrected chi connectivity index (χ0v) is 18.6. The number of allylic oxidation sites excluding steroid dienone is 4. The van der Waals surface area contributed by atoms with E-state index in [0.29, 0.717) is 5.92 Å². The van der Waals surface area contributed by atoms with Gasteiger partial charge >= 0.3 is 130 Å². The van der Waals surface area contributed by atoms with E-state index in [-0.39, 0.29) is 37.2 Å². The molecule has 0 fully saturated rings. The molecule has 5 heteroatoms. The van der Waals surface area contributed by atoms with Gasteiger partial charge in [-0.3, -0.25) is 0 Å². The molecule has 0 spiro atoms. The van der Waals surface area contributed by atoms with E-state index in [1.807, 2.05) is 0 Å². The number of halogens is 3. The van der Waals surface area contributed by atoms with Crippen molar-refractivity contribution in [3.05, 3.63) is 50.6 Å². The van der Waals surface area contributed by atoms with E-state index in [4.69, 9.17) is 0 Å². The second-order valence-electron chi connectivity index (χ2n) is 5.85. The summed E-state index contributed by atoms with van der Waals surface area (Å²) in [4.78, 5) is 0. The van der Waals surface area contributed by atoms with Gasteiger partial charge in [0.25, 0.3) is 0 Å². The number of benzene rings is 1. The average Bonchev–Trinajstić information content (AvgIpc) is 2.63. The number of rotatable bonds is 3. The van der Waals surface area contributed by atoms with Crippen LogP contribution in [0, 0.1) is 5.92 Å². The molecule has 22 heavy (non-hydrogen) atoms. The van der Waals surface area contributed by atoms with Crippen molar-refractivity contribution in [1.82, 2.24) is 0 Å². The molecular formula is C17H23Cl3SiTi. The molecule has 0 saturated heterocycles. The predicted octanol–water partition coefficient (Wildman–Crippen LogP) is -4.67. The van der Waals surface area contributed by atoms with Crippen molar-refractivity contribution in [3.8, 4) is 0 Å². The molecule has 0 heterocycles. The summed E-state index contributed by atoms with van der Waals surface area (Å²) in [6.07, 6.45) is 0. The zero-order chi connectivity index (χ0) is 14.2. The van der Waals surface area contributed by atoms with Crippen molar-refractivity contribution in [2.24, 2.45) is 5.92 Å². The van der Waals surface area contributed by atoms with Crippen LogP contribution in [0.4, 0.5) is 0 Å². The van der Waals surface area contributed by atoms with Crippen molar-refractivity contribution in [2.45, 2.75) is 40.3 Å². The van der Waals surface area contributed by atoms with Crippen LogP contribution < -0.4 is 42.4 Å². The molecule has 0 nitrogen and oxygen atoms in total. The third-order valence-electron chi connectivity index (χ3n) is 4.95. The molecule has 1 aliphatic carbocycles. The molecule has 0 N–H and O–H groups in total. The molecule has 0 bridgehead atoms. The van der Waals surface area contributed by atoms with Crippen LogP contribution in [-0.2, 0) is 20.4 Å². The van der Waals surface area contributed by atoms with Gasteiger partial charge in [0.15, 0.2) is 0 Å². The minimum atomic E-state index is -1.54. The standard InChI is InChI=1S/C17H23Si.3ClH.Ti/c1-6-18(5,16-10-8-7-9-11-16)17-14(3)12-13(2)15(17)4;;;;/h7-11,14H,6H2,1-5H3;3*1H;/q;;;;+3/p-3. The first-order valence-electron chi connectivity index (χ1n) is 7.13. The van der Waals surface area contributed by atoms with Crippen molar-refractivity contribution in [2.75, 3.05) is 0 Å². The second-order valence-corrected chi connectivity index (χ2v) is 11.2. The summed E-state index contributed by atoms with van der Waals surface area (Å²) in [6.45, 7) is 11.9. The van der Waals surface area contributed by atoms with Crippen molar-refractivity contribution < 1.29 is 57.7 Å². The Hall–Kier alpha value is 0.501. The van der Waals surface area contributed by atoms with Crippen LogP contribution in [-0.4, -0.2) is 8.07 Å². The molecular weight excluding hydrogens is 386 g/mol. The summed E-state index contributed by atoms with van der Waals surface area (Å²) in [5.41, 5.74) is 3.11. The first-order valence-corrected chi connectivity index (χ1v) is 10.6. The molecule has 1 aliphatic rings. The second kappa shape index (κ2) is 9.71. The van der Waals surface area contributed by atoms with Crippen LogP contribution >= 0.6 is 0 Å².